The maximum absolute atomic E-state index is 5.76. The van der Waals surface area contributed by atoms with E-state index >= 15 is 0 Å². The summed E-state index contributed by atoms with van der Waals surface area (Å²) in [5.74, 6) is 1.80. The first kappa shape index (κ1) is 14.6. The maximum atomic E-state index is 5.76. The molecule has 0 saturated carbocycles. The molecule has 0 amide bonds. The van der Waals surface area contributed by atoms with Gasteiger partial charge in [0.1, 0.15) is 5.82 Å². The third-order valence-corrected chi connectivity index (χ3v) is 3.03. The second-order valence-corrected chi connectivity index (χ2v) is 4.66. The van der Waals surface area contributed by atoms with Crippen LogP contribution in [0.2, 0.25) is 0 Å². The summed E-state index contributed by atoms with van der Waals surface area (Å²) in [6.45, 7) is 3.40. The molecule has 20 heavy (non-hydrogen) atoms. The first-order valence-electron chi connectivity index (χ1n) is 6.64. The van der Waals surface area contributed by atoms with Gasteiger partial charge in [-0.1, -0.05) is 31.2 Å². The van der Waals surface area contributed by atoms with Crippen molar-refractivity contribution in [3.63, 3.8) is 0 Å². The lowest BCUT2D eigenvalue weighted by atomic mass is 10.1. The van der Waals surface area contributed by atoms with E-state index in [1.807, 2.05) is 12.1 Å². The van der Waals surface area contributed by atoms with Crippen LogP contribution in [-0.4, -0.2) is 16.6 Å². The summed E-state index contributed by atoms with van der Waals surface area (Å²) in [6, 6.07) is 8.15. The highest BCUT2D eigenvalue weighted by Gasteiger charge is 2.00. The van der Waals surface area contributed by atoms with Crippen molar-refractivity contribution in [3.8, 4) is 5.88 Å². The Morgan fingerprint density at radius 1 is 1.15 bits per heavy atom. The van der Waals surface area contributed by atoms with Crippen molar-refractivity contribution >= 4 is 17.4 Å². The quantitative estimate of drug-likeness (QED) is 0.792. The first-order chi connectivity index (χ1) is 9.81. The number of nitrogens with one attached hydrogen (secondary N) is 1. The Morgan fingerprint density at radius 2 is 1.90 bits per heavy atom. The molecule has 2 aromatic rings. The molecule has 0 aliphatic carbocycles. The minimum Gasteiger partial charge on any atom is -0.477 e. The summed E-state index contributed by atoms with van der Waals surface area (Å²) < 4.78 is 5.45. The van der Waals surface area contributed by atoms with Gasteiger partial charge in [-0.25, -0.2) is 0 Å². The van der Waals surface area contributed by atoms with E-state index in [1.54, 1.807) is 12.4 Å². The van der Waals surface area contributed by atoms with E-state index < -0.39 is 0 Å². The van der Waals surface area contributed by atoms with Crippen LogP contribution < -0.4 is 10.1 Å². The van der Waals surface area contributed by atoms with Gasteiger partial charge in [0.15, 0.2) is 0 Å². The van der Waals surface area contributed by atoms with Gasteiger partial charge < -0.3 is 10.1 Å². The minimum atomic E-state index is 0.538. The van der Waals surface area contributed by atoms with Gasteiger partial charge in [0.05, 0.1) is 19.0 Å². The van der Waals surface area contributed by atoms with E-state index in [9.17, 15) is 0 Å². The Bertz CT molecular complexity index is 531. The average Bonchev–Trinajstić information content (AvgIpc) is 2.52. The monoisotopic (exact) mass is 291 g/mol. The number of hydrogen-bond donors (Lipinski definition) is 1. The van der Waals surface area contributed by atoms with E-state index in [0.717, 1.165) is 12.0 Å². The topological polar surface area (TPSA) is 47.0 Å². The molecule has 0 fully saturated rings. The summed E-state index contributed by atoms with van der Waals surface area (Å²) in [7, 11) is 0. The van der Waals surface area contributed by atoms with E-state index in [0.29, 0.717) is 30.7 Å². The normalized spacial score (nSPS) is 10.3. The fourth-order valence-electron chi connectivity index (χ4n) is 1.65. The van der Waals surface area contributed by atoms with Gasteiger partial charge in [0.25, 0.3) is 0 Å². The molecular weight excluding hydrogens is 274 g/mol. The molecular formula is C15H18ClN3O. The van der Waals surface area contributed by atoms with Crippen molar-refractivity contribution in [1.29, 1.82) is 0 Å². The molecule has 0 aliphatic rings. The Labute approximate surface area is 124 Å². The van der Waals surface area contributed by atoms with Crippen LogP contribution in [0.1, 0.15) is 24.5 Å². The summed E-state index contributed by atoms with van der Waals surface area (Å²) in [6.07, 6.45) is 4.26. The maximum Gasteiger partial charge on any atom is 0.234 e. The van der Waals surface area contributed by atoms with E-state index in [2.05, 4.69) is 34.3 Å². The van der Waals surface area contributed by atoms with Crippen LogP contribution in [0, 0.1) is 0 Å². The predicted molar refractivity (Wildman–Crippen MR) is 81.1 cm³/mol. The Balaban J connectivity index is 1.92. The third kappa shape index (κ3) is 4.38. The molecule has 0 bridgehead atoms. The highest BCUT2D eigenvalue weighted by Crippen LogP contribution is 2.12. The third-order valence-electron chi connectivity index (χ3n) is 2.72. The zero-order chi connectivity index (χ0) is 14.2. The largest absolute Gasteiger partial charge is 0.477 e. The van der Waals surface area contributed by atoms with Crippen molar-refractivity contribution in [2.75, 3.05) is 11.9 Å². The number of aromatic nitrogens is 2. The fraction of sp³-hybridized carbons (Fsp3) is 0.333. The first-order valence-corrected chi connectivity index (χ1v) is 7.17. The van der Waals surface area contributed by atoms with Crippen molar-refractivity contribution in [2.45, 2.75) is 25.8 Å². The zero-order valence-corrected chi connectivity index (χ0v) is 12.2. The molecule has 2 rings (SSSR count). The molecule has 1 aromatic carbocycles. The van der Waals surface area contributed by atoms with E-state index in [4.69, 9.17) is 16.3 Å². The molecule has 106 valence electrons. The van der Waals surface area contributed by atoms with Crippen LogP contribution in [0.5, 0.6) is 5.88 Å². The zero-order valence-electron chi connectivity index (χ0n) is 11.5. The second-order valence-electron chi connectivity index (χ2n) is 4.39. The highest BCUT2D eigenvalue weighted by atomic mass is 35.5. The lowest BCUT2D eigenvalue weighted by molar-refractivity contribution is 0.304. The number of rotatable bonds is 7. The number of ether oxygens (including phenoxy) is 1. The molecule has 1 heterocycles. The van der Waals surface area contributed by atoms with Crippen LogP contribution >= 0.6 is 11.6 Å². The predicted octanol–water partition coefficient (Wildman–Crippen LogP) is 3.62. The van der Waals surface area contributed by atoms with Gasteiger partial charge >= 0.3 is 0 Å². The van der Waals surface area contributed by atoms with E-state index in [1.165, 1.54) is 5.56 Å². The Hall–Kier alpha value is -1.81. The average molecular weight is 292 g/mol. The van der Waals surface area contributed by atoms with Crippen molar-refractivity contribution in [3.05, 3.63) is 47.8 Å². The van der Waals surface area contributed by atoms with Crippen LogP contribution in [0.4, 0.5) is 5.82 Å². The molecule has 0 aliphatic heterocycles. The molecule has 0 unspecified atom stereocenters. The van der Waals surface area contributed by atoms with Crippen LogP contribution in [0.25, 0.3) is 0 Å². The molecule has 5 heteroatoms. The molecule has 4 nitrogen and oxygen atoms in total. The number of benzene rings is 1. The summed E-state index contributed by atoms with van der Waals surface area (Å²) in [5.41, 5.74) is 2.28. The lowest BCUT2D eigenvalue weighted by Gasteiger charge is -2.08. The SMILES string of the molecule is CCCOc1cncc(NCc2ccc(CCl)cc2)n1. The Morgan fingerprint density at radius 3 is 2.60 bits per heavy atom. The minimum absolute atomic E-state index is 0.538. The van der Waals surface area contributed by atoms with Crippen molar-refractivity contribution < 1.29 is 4.74 Å². The fourth-order valence-corrected chi connectivity index (χ4v) is 1.83. The number of halogens is 1. The van der Waals surface area contributed by atoms with Crippen molar-refractivity contribution in [2.24, 2.45) is 0 Å². The standard InChI is InChI=1S/C15H18ClN3O/c1-2-7-20-15-11-17-10-14(19-15)18-9-13-5-3-12(8-16)4-6-13/h3-6,10-11H,2,7-9H2,1H3,(H,18,19). The van der Waals surface area contributed by atoms with Gasteiger partial charge in [0.2, 0.25) is 5.88 Å². The smallest absolute Gasteiger partial charge is 0.234 e. The highest BCUT2D eigenvalue weighted by molar-refractivity contribution is 6.17. The van der Waals surface area contributed by atoms with Crippen molar-refractivity contribution in [1.82, 2.24) is 9.97 Å². The van der Waals surface area contributed by atoms with Crippen LogP contribution in [0.15, 0.2) is 36.7 Å². The lowest BCUT2D eigenvalue weighted by Crippen LogP contribution is -2.04. The molecule has 0 spiro atoms. The molecule has 1 aromatic heterocycles. The molecule has 0 atom stereocenters. The van der Waals surface area contributed by atoms with E-state index in [-0.39, 0.29) is 0 Å². The van der Waals surface area contributed by atoms with Gasteiger partial charge in [-0.2, -0.15) is 4.98 Å². The van der Waals surface area contributed by atoms with Crippen LogP contribution in [0.3, 0.4) is 0 Å². The number of alkyl halides is 1. The summed E-state index contributed by atoms with van der Waals surface area (Å²) in [5, 5.41) is 3.23. The Kier molecular flexibility index (Phi) is 5.62. The number of hydrogen-bond acceptors (Lipinski definition) is 4. The molecule has 0 saturated heterocycles. The van der Waals surface area contributed by atoms with Gasteiger partial charge in [-0.15, -0.1) is 11.6 Å². The second kappa shape index (κ2) is 7.70. The number of nitrogens with zero attached hydrogens (tertiary/aromatic N) is 2. The van der Waals surface area contributed by atoms with Gasteiger partial charge in [-0.3, -0.25) is 4.98 Å². The summed E-state index contributed by atoms with van der Waals surface area (Å²) in [4.78, 5) is 8.45. The summed E-state index contributed by atoms with van der Waals surface area (Å²) >= 11 is 5.76. The molecule has 1 N–H and O–H groups in total. The molecule has 0 radical (unpaired) electrons. The number of anilines is 1. The van der Waals surface area contributed by atoms with Gasteiger partial charge in [-0.05, 0) is 17.5 Å². The van der Waals surface area contributed by atoms with Crippen LogP contribution in [-0.2, 0) is 12.4 Å². The van der Waals surface area contributed by atoms with Gasteiger partial charge in [0, 0.05) is 12.4 Å².